The maximum Gasteiger partial charge on any atom is 0.124 e. The fourth-order valence-corrected chi connectivity index (χ4v) is 2.23. The topological polar surface area (TPSA) is 38.7 Å². The molecule has 0 aliphatic heterocycles. The first-order valence-corrected chi connectivity index (χ1v) is 7.61. The van der Waals surface area contributed by atoms with Gasteiger partial charge in [0, 0.05) is 5.56 Å². The van der Waals surface area contributed by atoms with Gasteiger partial charge in [-0.25, -0.2) is 0 Å². The normalized spacial score (nSPS) is 14.0. The van der Waals surface area contributed by atoms with Crippen molar-refractivity contribution in [3.63, 3.8) is 0 Å². The molecule has 3 heteroatoms. The van der Waals surface area contributed by atoms with Crippen LogP contribution in [-0.4, -0.2) is 24.9 Å². The van der Waals surface area contributed by atoms with Gasteiger partial charge in [0.1, 0.15) is 11.9 Å². The molecule has 2 unspecified atom stereocenters. The van der Waals surface area contributed by atoms with Gasteiger partial charge < -0.3 is 14.6 Å². The van der Waals surface area contributed by atoms with Crippen LogP contribution in [0.5, 0.6) is 5.75 Å². The molecule has 114 valence electrons. The molecule has 0 bridgehead atoms. The van der Waals surface area contributed by atoms with Gasteiger partial charge in [-0.1, -0.05) is 50.8 Å². The molecule has 2 atom stereocenters. The van der Waals surface area contributed by atoms with E-state index in [1.807, 2.05) is 24.3 Å². The number of aliphatic hydroxyl groups excluding tert-OH is 1. The average Bonchev–Trinajstić information content (AvgIpc) is 2.49. The van der Waals surface area contributed by atoms with Crippen molar-refractivity contribution in [2.24, 2.45) is 0 Å². The number of unbranched alkanes of at least 4 members (excludes halogenated alkanes) is 3. The molecule has 1 rings (SSSR count). The average molecular weight is 280 g/mol. The summed E-state index contributed by atoms with van der Waals surface area (Å²) in [5, 5.41) is 10.2. The number of benzene rings is 1. The van der Waals surface area contributed by atoms with Crippen LogP contribution in [0.15, 0.2) is 24.3 Å². The van der Waals surface area contributed by atoms with Gasteiger partial charge in [0.15, 0.2) is 0 Å². The molecular formula is C17H28O3. The van der Waals surface area contributed by atoms with E-state index in [4.69, 9.17) is 9.47 Å². The first-order valence-electron chi connectivity index (χ1n) is 7.61. The molecule has 0 heterocycles. The first-order chi connectivity index (χ1) is 9.69. The van der Waals surface area contributed by atoms with E-state index in [1.54, 1.807) is 7.11 Å². The van der Waals surface area contributed by atoms with Crippen molar-refractivity contribution in [2.75, 3.05) is 13.7 Å². The highest BCUT2D eigenvalue weighted by Gasteiger charge is 2.14. The van der Waals surface area contributed by atoms with Gasteiger partial charge in [-0.2, -0.15) is 0 Å². The smallest absolute Gasteiger partial charge is 0.124 e. The largest absolute Gasteiger partial charge is 0.496 e. The number of methoxy groups -OCH3 is 1. The SMILES string of the molecule is CCCCCCC(C)OCC(O)c1ccccc1OC. The van der Waals surface area contributed by atoms with Crippen LogP contribution < -0.4 is 4.74 Å². The summed E-state index contributed by atoms with van der Waals surface area (Å²) >= 11 is 0. The van der Waals surface area contributed by atoms with Crippen LogP contribution in [0, 0.1) is 0 Å². The number of aliphatic hydroxyl groups is 1. The molecule has 0 fully saturated rings. The second kappa shape index (κ2) is 9.78. The zero-order valence-corrected chi connectivity index (χ0v) is 13.0. The summed E-state index contributed by atoms with van der Waals surface area (Å²) in [5.74, 6) is 0.708. The lowest BCUT2D eigenvalue weighted by Crippen LogP contribution is -2.15. The Bertz CT molecular complexity index is 365. The molecule has 0 aliphatic rings. The summed E-state index contributed by atoms with van der Waals surface area (Å²) in [7, 11) is 1.61. The molecule has 0 saturated carbocycles. The number of para-hydroxylation sites is 1. The third-order valence-corrected chi connectivity index (χ3v) is 3.50. The predicted octanol–water partition coefficient (Wildman–Crippen LogP) is 4.10. The van der Waals surface area contributed by atoms with E-state index in [2.05, 4.69) is 13.8 Å². The Hall–Kier alpha value is -1.06. The zero-order chi connectivity index (χ0) is 14.8. The van der Waals surface area contributed by atoms with Crippen LogP contribution in [-0.2, 0) is 4.74 Å². The zero-order valence-electron chi connectivity index (χ0n) is 13.0. The molecule has 0 spiro atoms. The van der Waals surface area contributed by atoms with Crippen LogP contribution in [0.25, 0.3) is 0 Å². The maximum absolute atomic E-state index is 10.2. The summed E-state index contributed by atoms with van der Waals surface area (Å²) in [6.07, 6.45) is 5.61. The third kappa shape index (κ3) is 5.93. The van der Waals surface area contributed by atoms with Crippen LogP contribution in [0.2, 0.25) is 0 Å². The highest BCUT2D eigenvalue weighted by molar-refractivity contribution is 5.34. The Morgan fingerprint density at radius 3 is 2.60 bits per heavy atom. The van der Waals surface area contributed by atoms with Crippen molar-refractivity contribution in [3.05, 3.63) is 29.8 Å². The van der Waals surface area contributed by atoms with Crippen molar-refractivity contribution in [1.82, 2.24) is 0 Å². The molecule has 20 heavy (non-hydrogen) atoms. The van der Waals surface area contributed by atoms with Gasteiger partial charge in [-0.15, -0.1) is 0 Å². The molecule has 0 aromatic heterocycles. The molecule has 3 nitrogen and oxygen atoms in total. The van der Waals surface area contributed by atoms with Crippen LogP contribution in [0.1, 0.15) is 57.6 Å². The minimum atomic E-state index is -0.635. The summed E-state index contributed by atoms with van der Waals surface area (Å²) < 4.78 is 11.0. The minimum Gasteiger partial charge on any atom is -0.496 e. The lowest BCUT2D eigenvalue weighted by Gasteiger charge is -2.18. The maximum atomic E-state index is 10.2. The van der Waals surface area contributed by atoms with Crippen molar-refractivity contribution in [1.29, 1.82) is 0 Å². The van der Waals surface area contributed by atoms with Crippen molar-refractivity contribution >= 4 is 0 Å². The van der Waals surface area contributed by atoms with Crippen LogP contribution in [0.3, 0.4) is 0 Å². The van der Waals surface area contributed by atoms with Gasteiger partial charge in [-0.3, -0.25) is 0 Å². The van der Waals surface area contributed by atoms with E-state index in [0.717, 1.165) is 12.0 Å². The second-order valence-corrected chi connectivity index (χ2v) is 5.25. The highest BCUT2D eigenvalue weighted by atomic mass is 16.5. The minimum absolute atomic E-state index is 0.191. The molecule has 1 aromatic carbocycles. The fourth-order valence-electron chi connectivity index (χ4n) is 2.23. The van der Waals surface area contributed by atoms with Crippen molar-refractivity contribution < 1.29 is 14.6 Å². The molecule has 0 amide bonds. The van der Waals surface area contributed by atoms with E-state index < -0.39 is 6.10 Å². The van der Waals surface area contributed by atoms with E-state index in [-0.39, 0.29) is 6.10 Å². The molecule has 0 saturated heterocycles. The van der Waals surface area contributed by atoms with E-state index >= 15 is 0 Å². The molecule has 1 aromatic rings. The van der Waals surface area contributed by atoms with Gasteiger partial charge >= 0.3 is 0 Å². The Kier molecular flexibility index (Phi) is 8.31. The monoisotopic (exact) mass is 280 g/mol. The summed E-state index contributed by atoms with van der Waals surface area (Å²) in [5.41, 5.74) is 0.785. The summed E-state index contributed by atoms with van der Waals surface area (Å²) in [4.78, 5) is 0. The lowest BCUT2D eigenvalue weighted by molar-refractivity contribution is -0.00724. The lowest BCUT2D eigenvalue weighted by atomic mass is 10.1. The number of ether oxygens (including phenoxy) is 2. The Labute approximate surface area is 122 Å². The Morgan fingerprint density at radius 2 is 1.90 bits per heavy atom. The molecule has 0 aliphatic carbocycles. The number of hydrogen-bond donors (Lipinski definition) is 1. The van der Waals surface area contributed by atoms with Gasteiger partial charge in [0.05, 0.1) is 19.8 Å². The quantitative estimate of drug-likeness (QED) is 0.656. The van der Waals surface area contributed by atoms with Gasteiger partial charge in [-0.05, 0) is 19.4 Å². The Morgan fingerprint density at radius 1 is 1.15 bits per heavy atom. The van der Waals surface area contributed by atoms with E-state index in [9.17, 15) is 5.11 Å². The fraction of sp³-hybridized carbons (Fsp3) is 0.647. The van der Waals surface area contributed by atoms with Crippen LogP contribution >= 0.6 is 0 Å². The number of rotatable bonds is 10. The molecule has 0 radical (unpaired) electrons. The Balaban J connectivity index is 2.33. The third-order valence-electron chi connectivity index (χ3n) is 3.50. The number of hydrogen-bond acceptors (Lipinski definition) is 3. The van der Waals surface area contributed by atoms with Crippen molar-refractivity contribution in [3.8, 4) is 5.75 Å². The molecular weight excluding hydrogens is 252 g/mol. The molecule has 1 N–H and O–H groups in total. The summed E-state index contributed by atoms with van der Waals surface area (Å²) in [6.45, 7) is 4.60. The highest BCUT2D eigenvalue weighted by Crippen LogP contribution is 2.25. The van der Waals surface area contributed by atoms with Gasteiger partial charge in [0.25, 0.3) is 0 Å². The predicted molar refractivity (Wildman–Crippen MR) is 82.1 cm³/mol. The second-order valence-electron chi connectivity index (χ2n) is 5.25. The van der Waals surface area contributed by atoms with E-state index in [0.29, 0.717) is 12.4 Å². The van der Waals surface area contributed by atoms with Crippen molar-refractivity contribution in [2.45, 2.75) is 58.2 Å². The standard InChI is InChI=1S/C17H28O3/c1-4-5-6-7-10-14(2)20-13-16(18)15-11-8-9-12-17(15)19-3/h8-9,11-12,14,16,18H,4-7,10,13H2,1-3H3. The van der Waals surface area contributed by atoms with E-state index in [1.165, 1.54) is 25.7 Å². The van der Waals surface area contributed by atoms with Gasteiger partial charge in [0.2, 0.25) is 0 Å². The van der Waals surface area contributed by atoms with Crippen LogP contribution in [0.4, 0.5) is 0 Å². The summed E-state index contributed by atoms with van der Waals surface area (Å²) in [6, 6.07) is 7.52. The first kappa shape index (κ1) is 17.0.